The predicted molar refractivity (Wildman–Crippen MR) is 146 cm³/mol. The number of hydrogen-bond acceptors (Lipinski definition) is 6. The van der Waals surface area contributed by atoms with E-state index in [0.29, 0.717) is 25.2 Å². The molecule has 4 rings (SSSR count). The van der Waals surface area contributed by atoms with E-state index < -0.39 is 18.1 Å². The lowest BCUT2D eigenvalue weighted by molar-refractivity contribution is -0.207. The van der Waals surface area contributed by atoms with Gasteiger partial charge in [0.2, 0.25) is 5.91 Å². The zero-order chi connectivity index (χ0) is 28.0. The zero-order valence-electron chi connectivity index (χ0n) is 24.5. The number of rotatable bonds is 8. The van der Waals surface area contributed by atoms with Crippen molar-refractivity contribution in [2.45, 2.75) is 123 Å². The van der Waals surface area contributed by atoms with E-state index in [4.69, 9.17) is 4.74 Å². The molecule has 12 atom stereocenters. The van der Waals surface area contributed by atoms with E-state index in [-0.39, 0.29) is 64.5 Å². The Morgan fingerprint density at radius 2 is 1.71 bits per heavy atom. The number of aliphatic hydroxyl groups excluding tert-OH is 3. The van der Waals surface area contributed by atoms with Crippen molar-refractivity contribution in [1.29, 1.82) is 0 Å². The van der Waals surface area contributed by atoms with Crippen LogP contribution in [-0.2, 0) is 14.3 Å². The van der Waals surface area contributed by atoms with E-state index in [1.54, 1.807) is 0 Å². The van der Waals surface area contributed by atoms with Gasteiger partial charge >= 0.3 is 5.97 Å². The Labute approximate surface area is 229 Å². The molecule has 4 aliphatic rings. The Bertz CT molecular complexity index is 863. The van der Waals surface area contributed by atoms with Gasteiger partial charge in [0.15, 0.2) is 0 Å². The molecule has 7 nitrogen and oxygen atoms in total. The number of hydrogen-bond donors (Lipinski definition) is 4. The first-order valence-corrected chi connectivity index (χ1v) is 15.2. The molecule has 7 heteroatoms. The quantitative estimate of drug-likeness (QED) is 0.348. The maximum absolute atomic E-state index is 12.8. The van der Waals surface area contributed by atoms with Crippen LogP contribution in [0.25, 0.3) is 0 Å². The zero-order valence-corrected chi connectivity index (χ0v) is 24.5. The summed E-state index contributed by atoms with van der Waals surface area (Å²) in [7, 11) is 1.35. The summed E-state index contributed by atoms with van der Waals surface area (Å²) in [6.07, 6.45) is 6.58. The number of ether oxygens (including phenoxy) is 1. The lowest BCUT2D eigenvalue weighted by Gasteiger charge is -2.63. The van der Waals surface area contributed by atoms with Crippen molar-refractivity contribution in [2.24, 2.45) is 52.3 Å². The van der Waals surface area contributed by atoms with Gasteiger partial charge in [0.05, 0.1) is 25.4 Å². The van der Waals surface area contributed by atoms with Crippen molar-refractivity contribution in [3.63, 3.8) is 0 Å². The fraction of sp³-hybridized carbons (Fsp3) is 0.935. The van der Waals surface area contributed by atoms with Crippen molar-refractivity contribution in [1.82, 2.24) is 5.32 Å². The van der Waals surface area contributed by atoms with Gasteiger partial charge in [0.1, 0.15) is 6.04 Å². The third-order valence-electron chi connectivity index (χ3n) is 11.9. The highest BCUT2D eigenvalue weighted by Gasteiger charge is 2.65. The van der Waals surface area contributed by atoms with Crippen molar-refractivity contribution in [3.05, 3.63) is 0 Å². The summed E-state index contributed by atoms with van der Waals surface area (Å²) in [4.78, 5) is 24.9. The first-order valence-electron chi connectivity index (χ1n) is 15.2. The van der Waals surface area contributed by atoms with E-state index in [1.807, 2.05) is 13.8 Å². The Morgan fingerprint density at radius 3 is 2.37 bits per heavy atom. The first-order chi connectivity index (χ1) is 17.8. The summed E-state index contributed by atoms with van der Waals surface area (Å²) in [5.41, 5.74) is -0.207. The third-order valence-corrected chi connectivity index (χ3v) is 11.9. The van der Waals surface area contributed by atoms with E-state index in [0.717, 1.165) is 44.9 Å². The monoisotopic (exact) mass is 535 g/mol. The van der Waals surface area contributed by atoms with Gasteiger partial charge in [0.25, 0.3) is 0 Å². The van der Waals surface area contributed by atoms with Crippen molar-refractivity contribution >= 4 is 11.9 Å². The highest BCUT2D eigenvalue weighted by molar-refractivity contribution is 5.84. The summed E-state index contributed by atoms with van der Waals surface area (Å²) >= 11 is 0. The molecule has 0 saturated heterocycles. The minimum atomic E-state index is -0.618. The standard InChI is InChI=1S/C31H53NO6/c1-17(2)13-24(29(37)38-6)32-27(36)10-7-18(3)21-8-9-22-28-23(16-26(35)31(21,22)5)30(4)12-11-20(33)14-19(30)15-25(28)34/h17-26,28,33-35H,7-16H2,1-6H3,(H,32,36)/t18-,19+,20-,21-,22+,23+,24-,25-,26+,28+,30+,31-/m1/s1. The summed E-state index contributed by atoms with van der Waals surface area (Å²) in [5, 5.41) is 36.4. The Balaban J connectivity index is 1.43. The molecule has 1 amide bonds. The fourth-order valence-corrected chi connectivity index (χ4v) is 9.79. The fourth-order valence-electron chi connectivity index (χ4n) is 9.79. The number of esters is 1. The molecule has 0 unspecified atom stereocenters. The lowest BCUT2D eigenvalue weighted by atomic mass is 9.43. The lowest BCUT2D eigenvalue weighted by Crippen LogP contribution is -2.62. The molecular weight excluding hydrogens is 482 g/mol. The maximum Gasteiger partial charge on any atom is 0.328 e. The summed E-state index contributed by atoms with van der Waals surface area (Å²) in [6.45, 7) is 10.8. The molecule has 0 spiro atoms. The third kappa shape index (κ3) is 5.28. The number of methoxy groups -OCH3 is 1. The number of amides is 1. The molecule has 0 aliphatic heterocycles. The van der Waals surface area contributed by atoms with Crippen molar-refractivity contribution in [3.8, 4) is 0 Å². The van der Waals surface area contributed by atoms with Crippen molar-refractivity contribution in [2.75, 3.05) is 7.11 Å². The molecule has 4 saturated carbocycles. The van der Waals surface area contributed by atoms with Gasteiger partial charge in [-0.05, 0) is 110 Å². The number of fused-ring (bicyclic) bond motifs is 5. The average Bonchev–Trinajstić information content (AvgIpc) is 3.21. The minimum Gasteiger partial charge on any atom is -0.467 e. The Morgan fingerprint density at radius 1 is 1.00 bits per heavy atom. The van der Waals surface area contributed by atoms with Crippen molar-refractivity contribution < 1.29 is 29.6 Å². The molecule has 4 fully saturated rings. The van der Waals surface area contributed by atoms with Crippen LogP contribution >= 0.6 is 0 Å². The SMILES string of the molecule is COC(=O)[C@@H](CC(C)C)NC(=O)CC[C@@H](C)[C@H]1CC[C@H]2[C@@H]3[C@H](O)C[C@@H]4C[C@H](O)CC[C@]4(C)[C@H]3C[C@H](O)[C@]12C. The van der Waals surface area contributed by atoms with Gasteiger partial charge in [-0.1, -0.05) is 34.6 Å². The molecule has 0 aromatic heterocycles. The highest BCUT2D eigenvalue weighted by atomic mass is 16.5. The first kappa shape index (κ1) is 29.8. The molecule has 0 aromatic carbocycles. The molecular formula is C31H53NO6. The molecule has 218 valence electrons. The van der Waals surface area contributed by atoms with Gasteiger partial charge in [0, 0.05) is 6.42 Å². The topological polar surface area (TPSA) is 116 Å². The van der Waals surface area contributed by atoms with Crippen LogP contribution in [0.1, 0.15) is 98.8 Å². The van der Waals surface area contributed by atoms with Gasteiger partial charge in [-0.15, -0.1) is 0 Å². The summed E-state index contributed by atoms with van der Waals surface area (Å²) in [5.74, 6) is 1.33. The molecule has 38 heavy (non-hydrogen) atoms. The van der Waals surface area contributed by atoms with Crippen LogP contribution in [-0.4, -0.2) is 58.7 Å². The molecule has 0 aromatic rings. The van der Waals surface area contributed by atoms with Crippen LogP contribution in [0.4, 0.5) is 0 Å². The summed E-state index contributed by atoms with van der Waals surface area (Å²) in [6, 6.07) is -0.618. The largest absolute Gasteiger partial charge is 0.467 e. The normalized spacial score (nSPS) is 43.9. The second-order valence-corrected chi connectivity index (χ2v) is 14.3. The molecule has 0 bridgehead atoms. The minimum absolute atomic E-state index is 0.0688. The van der Waals surface area contributed by atoms with Crippen LogP contribution in [0.2, 0.25) is 0 Å². The van der Waals surface area contributed by atoms with Crippen LogP contribution in [0.3, 0.4) is 0 Å². The number of carbonyl (C=O) groups is 2. The Kier molecular flexibility index (Phi) is 8.91. The second-order valence-electron chi connectivity index (χ2n) is 14.3. The molecule has 4 N–H and O–H groups in total. The Hall–Kier alpha value is -1.18. The maximum atomic E-state index is 12.8. The average molecular weight is 536 g/mol. The van der Waals surface area contributed by atoms with E-state index in [2.05, 4.69) is 26.1 Å². The smallest absolute Gasteiger partial charge is 0.328 e. The second kappa shape index (κ2) is 11.4. The number of nitrogens with one attached hydrogen (secondary N) is 1. The van der Waals surface area contributed by atoms with Gasteiger partial charge in [-0.3, -0.25) is 4.79 Å². The van der Waals surface area contributed by atoms with Gasteiger partial charge in [-0.25, -0.2) is 4.79 Å². The number of carbonyl (C=O) groups excluding carboxylic acids is 2. The van der Waals surface area contributed by atoms with Gasteiger partial charge in [-0.2, -0.15) is 0 Å². The van der Waals surface area contributed by atoms with Gasteiger partial charge < -0.3 is 25.4 Å². The summed E-state index contributed by atoms with van der Waals surface area (Å²) < 4.78 is 4.89. The predicted octanol–water partition coefficient (Wildman–Crippen LogP) is 4.07. The van der Waals surface area contributed by atoms with Crippen LogP contribution in [0, 0.1) is 52.3 Å². The van der Waals surface area contributed by atoms with E-state index >= 15 is 0 Å². The van der Waals surface area contributed by atoms with E-state index in [1.165, 1.54) is 7.11 Å². The van der Waals surface area contributed by atoms with Crippen LogP contribution in [0.5, 0.6) is 0 Å². The molecule has 0 radical (unpaired) electrons. The molecule has 0 heterocycles. The molecule has 4 aliphatic carbocycles. The van der Waals surface area contributed by atoms with Crippen LogP contribution < -0.4 is 5.32 Å². The van der Waals surface area contributed by atoms with Crippen LogP contribution in [0.15, 0.2) is 0 Å². The number of aliphatic hydroxyl groups is 3. The van der Waals surface area contributed by atoms with E-state index in [9.17, 15) is 24.9 Å². The highest BCUT2D eigenvalue weighted by Crippen LogP contribution is 2.68.